The molecular weight excluding hydrogens is 287 g/mol. The number of halogens is 1. The van der Waals surface area contributed by atoms with Crippen molar-refractivity contribution in [2.45, 2.75) is 0 Å². The summed E-state index contributed by atoms with van der Waals surface area (Å²) in [6, 6.07) is 12.2. The van der Waals surface area contributed by atoms with Gasteiger partial charge >= 0.3 is 0 Å². The molecule has 2 aromatic carbocycles. The molecule has 0 aliphatic heterocycles. The van der Waals surface area contributed by atoms with Crippen molar-refractivity contribution in [1.29, 1.82) is 0 Å². The summed E-state index contributed by atoms with van der Waals surface area (Å²) in [5.74, 6) is 0.145. The van der Waals surface area contributed by atoms with Gasteiger partial charge in [-0.25, -0.2) is 9.37 Å². The highest BCUT2D eigenvalue weighted by Gasteiger charge is 2.11. The van der Waals surface area contributed by atoms with Crippen molar-refractivity contribution in [3.63, 3.8) is 0 Å². The molecule has 106 valence electrons. The van der Waals surface area contributed by atoms with E-state index < -0.39 is 0 Å². The topological polar surface area (TPSA) is 48.1 Å². The van der Waals surface area contributed by atoms with Gasteiger partial charge in [0, 0.05) is 28.3 Å². The van der Waals surface area contributed by atoms with Crippen LogP contribution in [0.1, 0.15) is 0 Å². The zero-order valence-corrected chi connectivity index (χ0v) is 12.2. The molecule has 0 amide bonds. The monoisotopic (exact) mass is 300 g/mol. The van der Waals surface area contributed by atoms with Crippen LogP contribution >= 0.6 is 11.3 Å². The van der Waals surface area contributed by atoms with E-state index in [1.807, 2.05) is 29.6 Å². The predicted molar refractivity (Wildman–Crippen MR) is 83.9 cm³/mol. The molecule has 3 nitrogen and oxygen atoms in total. The molecule has 0 fully saturated rings. The van der Waals surface area contributed by atoms with E-state index in [1.165, 1.54) is 24.5 Å². The lowest BCUT2D eigenvalue weighted by Gasteiger charge is -2.03. The summed E-state index contributed by atoms with van der Waals surface area (Å²) in [7, 11) is 1.51. The second-order valence-electron chi connectivity index (χ2n) is 4.51. The average molecular weight is 300 g/mol. The highest BCUT2D eigenvalue weighted by Crippen LogP contribution is 2.32. The maximum Gasteiger partial charge on any atom is 0.137 e. The first-order chi connectivity index (χ1) is 10.2. The van der Waals surface area contributed by atoms with Crippen LogP contribution in [0.2, 0.25) is 0 Å². The first-order valence-electron chi connectivity index (χ1n) is 6.33. The maximum atomic E-state index is 14.1. The number of thiazole rings is 1. The maximum absolute atomic E-state index is 14.1. The van der Waals surface area contributed by atoms with Gasteiger partial charge in [0.15, 0.2) is 0 Å². The van der Waals surface area contributed by atoms with E-state index in [0.29, 0.717) is 22.0 Å². The van der Waals surface area contributed by atoms with Crippen LogP contribution in [0.25, 0.3) is 21.8 Å². The highest BCUT2D eigenvalue weighted by molar-refractivity contribution is 7.13. The molecule has 0 saturated heterocycles. The molecule has 0 spiro atoms. The summed E-state index contributed by atoms with van der Waals surface area (Å²) in [6.07, 6.45) is 0. The molecule has 0 aliphatic carbocycles. The number of hydrogen-bond acceptors (Lipinski definition) is 4. The lowest BCUT2D eigenvalue weighted by molar-refractivity contribution is 0.411. The van der Waals surface area contributed by atoms with Crippen LogP contribution in [0.5, 0.6) is 5.75 Å². The number of hydrogen-bond donors (Lipinski definition) is 1. The fourth-order valence-electron chi connectivity index (χ4n) is 2.02. The van der Waals surface area contributed by atoms with Crippen LogP contribution < -0.4 is 10.5 Å². The first-order valence-corrected chi connectivity index (χ1v) is 7.20. The van der Waals surface area contributed by atoms with Gasteiger partial charge in [-0.15, -0.1) is 11.3 Å². The van der Waals surface area contributed by atoms with E-state index in [-0.39, 0.29) is 5.82 Å². The Hall–Kier alpha value is -2.40. The van der Waals surface area contributed by atoms with E-state index in [2.05, 4.69) is 4.98 Å². The van der Waals surface area contributed by atoms with Gasteiger partial charge in [-0.05, 0) is 24.3 Å². The van der Waals surface area contributed by atoms with Crippen LogP contribution in [0.4, 0.5) is 10.1 Å². The Balaban J connectivity index is 1.98. The summed E-state index contributed by atoms with van der Waals surface area (Å²) in [5.41, 5.74) is 8.63. The van der Waals surface area contributed by atoms with E-state index >= 15 is 0 Å². The lowest BCUT2D eigenvalue weighted by atomic mass is 10.1. The number of methoxy groups -OCH3 is 1. The molecule has 0 bridgehead atoms. The molecule has 3 rings (SSSR count). The molecule has 2 N–H and O–H groups in total. The minimum Gasteiger partial charge on any atom is -0.497 e. The van der Waals surface area contributed by atoms with Crippen molar-refractivity contribution in [1.82, 2.24) is 4.98 Å². The predicted octanol–water partition coefficient (Wildman–Crippen LogP) is 4.21. The normalized spacial score (nSPS) is 10.6. The number of nitrogens with two attached hydrogens (primary N) is 1. The Bertz CT molecular complexity index is 785. The molecule has 0 unspecified atom stereocenters. The Labute approximate surface area is 125 Å². The Morgan fingerprint density at radius 1 is 1.19 bits per heavy atom. The molecule has 0 radical (unpaired) electrons. The number of aromatic nitrogens is 1. The van der Waals surface area contributed by atoms with E-state index in [0.717, 1.165) is 11.3 Å². The van der Waals surface area contributed by atoms with Crippen LogP contribution in [0.15, 0.2) is 47.8 Å². The van der Waals surface area contributed by atoms with Crippen molar-refractivity contribution in [2.24, 2.45) is 0 Å². The second-order valence-corrected chi connectivity index (χ2v) is 5.37. The summed E-state index contributed by atoms with van der Waals surface area (Å²) >= 11 is 1.40. The van der Waals surface area contributed by atoms with Crippen LogP contribution in [0, 0.1) is 5.82 Å². The van der Waals surface area contributed by atoms with Gasteiger partial charge in [0.2, 0.25) is 0 Å². The van der Waals surface area contributed by atoms with E-state index in [1.54, 1.807) is 12.1 Å². The fraction of sp³-hybridized carbons (Fsp3) is 0.0625. The summed E-state index contributed by atoms with van der Waals surface area (Å²) in [5, 5.41) is 2.53. The third-order valence-electron chi connectivity index (χ3n) is 3.09. The fourth-order valence-corrected chi connectivity index (χ4v) is 2.88. The van der Waals surface area contributed by atoms with Crippen LogP contribution in [0.3, 0.4) is 0 Å². The number of nitrogens with zero attached hydrogens (tertiary/aromatic N) is 1. The highest BCUT2D eigenvalue weighted by atomic mass is 32.1. The van der Waals surface area contributed by atoms with E-state index in [9.17, 15) is 4.39 Å². The third kappa shape index (κ3) is 2.73. The molecule has 1 aromatic heterocycles. The minimum atomic E-state index is -0.345. The van der Waals surface area contributed by atoms with Gasteiger partial charge in [-0.3, -0.25) is 0 Å². The molecule has 21 heavy (non-hydrogen) atoms. The Morgan fingerprint density at radius 2 is 2.05 bits per heavy atom. The summed E-state index contributed by atoms with van der Waals surface area (Å²) in [4.78, 5) is 4.49. The molecule has 0 aliphatic rings. The number of nitrogen functional groups attached to an aromatic ring is 1. The third-order valence-corrected chi connectivity index (χ3v) is 3.97. The number of ether oxygens (including phenoxy) is 1. The van der Waals surface area contributed by atoms with Crippen molar-refractivity contribution >= 4 is 17.0 Å². The minimum absolute atomic E-state index is 0.345. The number of rotatable bonds is 3. The summed E-state index contributed by atoms with van der Waals surface area (Å²) in [6.45, 7) is 0. The lowest BCUT2D eigenvalue weighted by Crippen LogP contribution is -1.88. The van der Waals surface area contributed by atoms with Crippen molar-refractivity contribution in [3.05, 3.63) is 53.7 Å². The Morgan fingerprint density at radius 3 is 2.76 bits per heavy atom. The van der Waals surface area contributed by atoms with E-state index in [4.69, 9.17) is 10.5 Å². The van der Waals surface area contributed by atoms with Crippen molar-refractivity contribution in [3.8, 4) is 27.6 Å². The molecular formula is C16H13FN2OS. The zero-order valence-electron chi connectivity index (χ0n) is 11.3. The number of anilines is 1. The summed E-state index contributed by atoms with van der Waals surface area (Å²) < 4.78 is 19.1. The van der Waals surface area contributed by atoms with Crippen LogP contribution in [-0.4, -0.2) is 12.1 Å². The zero-order chi connectivity index (χ0) is 14.8. The Kier molecular flexibility index (Phi) is 3.58. The van der Waals surface area contributed by atoms with Gasteiger partial charge in [0.05, 0.1) is 12.8 Å². The average Bonchev–Trinajstić information content (AvgIpc) is 2.96. The largest absolute Gasteiger partial charge is 0.497 e. The molecule has 0 atom stereocenters. The van der Waals surface area contributed by atoms with Gasteiger partial charge in [-0.2, -0.15) is 0 Å². The van der Waals surface area contributed by atoms with Crippen molar-refractivity contribution < 1.29 is 9.13 Å². The van der Waals surface area contributed by atoms with Gasteiger partial charge in [0.1, 0.15) is 16.6 Å². The van der Waals surface area contributed by atoms with Gasteiger partial charge in [-0.1, -0.05) is 12.1 Å². The SMILES string of the molecule is COc1ccc(-c2nc(-c3cccc(N)c3)cs2)c(F)c1. The van der Waals surface area contributed by atoms with Crippen molar-refractivity contribution in [2.75, 3.05) is 12.8 Å². The van der Waals surface area contributed by atoms with Gasteiger partial charge in [0.25, 0.3) is 0 Å². The first kappa shape index (κ1) is 13.6. The van der Waals surface area contributed by atoms with Crippen LogP contribution in [-0.2, 0) is 0 Å². The standard InChI is InChI=1S/C16H13FN2OS/c1-20-12-5-6-13(14(17)8-12)16-19-15(9-21-16)10-3-2-4-11(18)7-10/h2-9H,18H2,1H3. The molecule has 1 heterocycles. The van der Waals surface area contributed by atoms with Gasteiger partial charge < -0.3 is 10.5 Å². The molecule has 0 saturated carbocycles. The quantitative estimate of drug-likeness (QED) is 0.737. The smallest absolute Gasteiger partial charge is 0.137 e. The number of benzene rings is 2. The molecule has 5 heteroatoms. The second kappa shape index (κ2) is 5.54. The molecule has 3 aromatic rings.